The SMILES string of the molecule is CCNCCNS(=O)(=O)c1ccc(CCOC)cc1. The molecule has 0 aliphatic carbocycles. The predicted molar refractivity (Wildman–Crippen MR) is 75.8 cm³/mol. The summed E-state index contributed by atoms with van der Waals surface area (Å²) in [6, 6.07) is 6.89. The van der Waals surface area contributed by atoms with Crippen molar-refractivity contribution in [1.29, 1.82) is 0 Å². The summed E-state index contributed by atoms with van der Waals surface area (Å²) < 4.78 is 31.5. The number of nitrogens with one attached hydrogen (secondary N) is 2. The minimum Gasteiger partial charge on any atom is -0.384 e. The number of hydrogen-bond acceptors (Lipinski definition) is 4. The number of benzene rings is 1. The minimum absolute atomic E-state index is 0.296. The summed E-state index contributed by atoms with van der Waals surface area (Å²) in [5.41, 5.74) is 1.06. The van der Waals surface area contributed by atoms with Crippen molar-refractivity contribution in [2.75, 3.05) is 33.4 Å². The highest BCUT2D eigenvalue weighted by Crippen LogP contribution is 2.10. The summed E-state index contributed by atoms with van der Waals surface area (Å²) in [5.74, 6) is 0. The van der Waals surface area contributed by atoms with E-state index >= 15 is 0 Å². The van der Waals surface area contributed by atoms with Gasteiger partial charge in [0.1, 0.15) is 0 Å². The molecule has 0 amide bonds. The molecule has 0 aromatic heterocycles. The molecule has 5 nitrogen and oxygen atoms in total. The highest BCUT2D eigenvalue weighted by atomic mass is 32.2. The molecule has 1 rings (SSSR count). The van der Waals surface area contributed by atoms with Crippen LogP contribution in [0.5, 0.6) is 0 Å². The van der Waals surface area contributed by atoms with Crippen LogP contribution in [0.3, 0.4) is 0 Å². The maximum Gasteiger partial charge on any atom is 0.240 e. The van der Waals surface area contributed by atoms with Crippen LogP contribution in [0.4, 0.5) is 0 Å². The largest absolute Gasteiger partial charge is 0.384 e. The predicted octanol–water partition coefficient (Wildman–Crippen LogP) is 0.763. The number of rotatable bonds is 9. The van der Waals surface area contributed by atoms with Crippen LogP contribution in [0, 0.1) is 0 Å². The van der Waals surface area contributed by atoms with E-state index in [-0.39, 0.29) is 0 Å². The van der Waals surface area contributed by atoms with E-state index in [9.17, 15) is 8.42 Å². The quantitative estimate of drug-likeness (QED) is 0.658. The first-order chi connectivity index (χ1) is 9.10. The Labute approximate surface area is 115 Å². The zero-order chi connectivity index (χ0) is 14.1. The fraction of sp³-hybridized carbons (Fsp3) is 0.538. The topological polar surface area (TPSA) is 67.4 Å². The van der Waals surface area contributed by atoms with Gasteiger partial charge in [-0.1, -0.05) is 19.1 Å². The third kappa shape index (κ3) is 5.69. The molecule has 0 aliphatic rings. The van der Waals surface area contributed by atoms with Gasteiger partial charge in [0.25, 0.3) is 0 Å². The molecule has 0 spiro atoms. The Morgan fingerprint density at radius 3 is 2.42 bits per heavy atom. The van der Waals surface area contributed by atoms with Crippen molar-refractivity contribution < 1.29 is 13.2 Å². The normalized spacial score (nSPS) is 11.7. The fourth-order valence-electron chi connectivity index (χ4n) is 1.59. The summed E-state index contributed by atoms with van der Waals surface area (Å²) >= 11 is 0. The van der Waals surface area contributed by atoms with Gasteiger partial charge in [0.2, 0.25) is 10.0 Å². The van der Waals surface area contributed by atoms with Gasteiger partial charge in [-0.3, -0.25) is 0 Å². The number of hydrogen-bond donors (Lipinski definition) is 2. The monoisotopic (exact) mass is 286 g/mol. The van der Waals surface area contributed by atoms with Crippen LogP contribution in [0.1, 0.15) is 12.5 Å². The van der Waals surface area contributed by atoms with Crippen LogP contribution in [0.25, 0.3) is 0 Å². The Balaban J connectivity index is 2.58. The van der Waals surface area contributed by atoms with Gasteiger partial charge in [0, 0.05) is 20.2 Å². The smallest absolute Gasteiger partial charge is 0.240 e. The van der Waals surface area contributed by atoms with E-state index in [2.05, 4.69) is 10.0 Å². The van der Waals surface area contributed by atoms with E-state index in [1.807, 2.05) is 19.1 Å². The van der Waals surface area contributed by atoms with Crippen LogP contribution in [0.15, 0.2) is 29.2 Å². The van der Waals surface area contributed by atoms with Crippen LogP contribution >= 0.6 is 0 Å². The van der Waals surface area contributed by atoms with E-state index in [0.29, 0.717) is 24.6 Å². The van der Waals surface area contributed by atoms with Crippen molar-refractivity contribution in [1.82, 2.24) is 10.0 Å². The molecule has 1 aromatic carbocycles. The molecule has 0 bridgehead atoms. The molecule has 0 saturated heterocycles. The molecule has 6 heteroatoms. The lowest BCUT2D eigenvalue weighted by atomic mass is 10.2. The number of methoxy groups -OCH3 is 1. The fourth-order valence-corrected chi connectivity index (χ4v) is 2.62. The number of ether oxygens (including phenoxy) is 1. The Morgan fingerprint density at radius 2 is 1.84 bits per heavy atom. The van der Waals surface area contributed by atoms with Crippen molar-refractivity contribution in [3.63, 3.8) is 0 Å². The van der Waals surface area contributed by atoms with Gasteiger partial charge < -0.3 is 10.1 Å². The van der Waals surface area contributed by atoms with Gasteiger partial charge in [-0.25, -0.2) is 13.1 Å². The molecular weight excluding hydrogens is 264 g/mol. The molecule has 2 N–H and O–H groups in total. The van der Waals surface area contributed by atoms with Gasteiger partial charge in [-0.15, -0.1) is 0 Å². The zero-order valence-electron chi connectivity index (χ0n) is 11.5. The molecule has 0 saturated carbocycles. The maximum absolute atomic E-state index is 12.0. The Kier molecular flexibility index (Phi) is 7.01. The van der Waals surface area contributed by atoms with Crippen LogP contribution in [-0.2, 0) is 21.2 Å². The van der Waals surface area contributed by atoms with E-state index < -0.39 is 10.0 Å². The van der Waals surface area contributed by atoms with Gasteiger partial charge >= 0.3 is 0 Å². The standard InChI is InChI=1S/C13H22N2O3S/c1-3-14-9-10-15-19(16,17)13-6-4-12(5-7-13)8-11-18-2/h4-7,14-15H,3,8-11H2,1-2H3. The Morgan fingerprint density at radius 1 is 1.16 bits per heavy atom. The van der Waals surface area contributed by atoms with Crippen molar-refractivity contribution >= 4 is 10.0 Å². The second kappa shape index (κ2) is 8.27. The molecule has 1 aromatic rings. The van der Waals surface area contributed by atoms with E-state index in [4.69, 9.17) is 4.74 Å². The van der Waals surface area contributed by atoms with E-state index in [0.717, 1.165) is 18.5 Å². The average Bonchev–Trinajstić information content (AvgIpc) is 2.42. The summed E-state index contributed by atoms with van der Waals surface area (Å²) in [4.78, 5) is 0.296. The summed E-state index contributed by atoms with van der Waals surface area (Å²) in [6.45, 7) is 4.46. The first kappa shape index (κ1) is 16.1. The third-order valence-electron chi connectivity index (χ3n) is 2.67. The lowest BCUT2D eigenvalue weighted by Gasteiger charge is -2.08. The Hall–Kier alpha value is -0.950. The summed E-state index contributed by atoms with van der Waals surface area (Å²) in [6.07, 6.45) is 0.782. The van der Waals surface area contributed by atoms with Gasteiger partial charge in [0.15, 0.2) is 0 Å². The second-order valence-electron chi connectivity index (χ2n) is 4.14. The first-order valence-electron chi connectivity index (χ1n) is 6.38. The molecule has 0 fully saturated rings. The van der Waals surface area contributed by atoms with Crippen molar-refractivity contribution in [2.45, 2.75) is 18.2 Å². The van der Waals surface area contributed by atoms with Gasteiger partial charge in [0.05, 0.1) is 11.5 Å². The second-order valence-corrected chi connectivity index (χ2v) is 5.91. The highest BCUT2D eigenvalue weighted by molar-refractivity contribution is 7.89. The van der Waals surface area contributed by atoms with Gasteiger partial charge in [-0.05, 0) is 30.7 Å². The number of sulfonamides is 1. The molecule has 108 valence electrons. The zero-order valence-corrected chi connectivity index (χ0v) is 12.3. The summed E-state index contributed by atoms with van der Waals surface area (Å²) in [7, 11) is -1.75. The van der Waals surface area contributed by atoms with Crippen LogP contribution in [-0.4, -0.2) is 41.8 Å². The van der Waals surface area contributed by atoms with Crippen LogP contribution in [0.2, 0.25) is 0 Å². The molecule has 0 heterocycles. The highest BCUT2D eigenvalue weighted by Gasteiger charge is 2.12. The number of likely N-dealkylation sites (N-methyl/N-ethyl adjacent to an activating group) is 1. The van der Waals surface area contributed by atoms with E-state index in [1.165, 1.54) is 0 Å². The van der Waals surface area contributed by atoms with Crippen molar-refractivity contribution in [2.24, 2.45) is 0 Å². The first-order valence-corrected chi connectivity index (χ1v) is 7.86. The molecule has 19 heavy (non-hydrogen) atoms. The maximum atomic E-state index is 12.0. The van der Waals surface area contributed by atoms with Gasteiger partial charge in [-0.2, -0.15) is 0 Å². The van der Waals surface area contributed by atoms with E-state index in [1.54, 1.807) is 19.2 Å². The molecule has 0 radical (unpaired) electrons. The van der Waals surface area contributed by atoms with Crippen LogP contribution < -0.4 is 10.0 Å². The average molecular weight is 286 g/mol. The van der Waals surface area contributed by atoms with Crippen molar-refractivity contribution in [3.8, 4) is 0 Å². The lowest BCUT2D eigenvalue weighted by Crippen LogP contribution is -2.31. The lowest BCUT2D eigenvalue weighted by molar-refractivity contribution is 0.202. The minimum atomic E-state index is -3.40. The van der Waals surface area contributed by atoms with Crippen molar-refractivity contribution in [3.05, 3.63) is 29.8 Å². The molecule has 0 aliphatic heterocycles. The molecular formula is C13H22N2O3S. The molecule has 0 atom stereocenters. The molecule has 0 unspecified atom stereocenters. The summed E-state index contributed by atoms with van der Waals surface area (Å²) in [5, 5.41) is 3.06. The third-order valence-corrected chi connectivity index (χ3v) is 4.15. The Bertz CT molecular complexity index is 457.